The first-order valence-electron chi connectivity index (χ1n) is 8.05. The Hall–Kier alpha value is -3.00. The van der Waals surface area contributed by atoms with Crippen LogP contribution in [-0.4, -0.2) is 37.2 Å². The number of rotatable bonds is 4. The van der Waals surface area contributed by atoms with Gasteiger partial charge in [-0.3, -0.25) is 19.7 Å². The van der Waals surface area contributed by atoms with Gasteiger partial charge in [-0.25, -0.2) is 9.88 Å². The highest BCUT2D eigenvalue weighted by atomic mass is 32.2. The third kappa shape index (κ3) is 3.11. The molecule has 8 heteroatoms. The molecule has 1 aromatic carbocycles. The molecular formula is C18H15N5O2S. The predicted molar refractivity (Wildman–Crippen MR) is 97.5 cm³/mol. The predicted octanol–water partition coefficient (Wildman–Crippen LogP) is 2.60. The van der Waals surface area contributed by atoms with E-state index in [1.807, 2.05) is 37.3 Å². The summed E-state index contributed by atoms with van der Waals surface area (Å²) in [6.45, 7) is 1.93. The van der Waals surface area contributed by atoms with Gasteiger partial charge in [0.05, 0.1) is 5.69 Å². The van der Waals surface area contributed by atoms with Crippen LogP contribution in [0, 0.1) is 6.92 Å². The zero-order valence-electron chi connectivity index (χ0n) is 13.9. The van der Waals surface area contributed by atoms with Crippen LogP contribution < -0.4 is 4.90 Å². The second-order valence-corrected chi connectivity index (χ2v) is 7.09. The van der Waals surface area contributed by atoms with Crippen LogP contribution in [0.5, 0.6) is 0 Å². The Bertz CT molecular complexity index is 972. The molecule has 1 aliphatic rings. The first kappa shape index (κ1) is 16.5. The number of nitrogens with one attached hydrogen (secondary N) is 1. The molecule has 0 spiro atoms. The monoisotopic (exact) mass is 365 g/mol. The van der Waals surface area contributed by atoms with Crippen molar-refractivity contribution in [1.82, 2.24) is 20.2 Å². The van der Waals surface area contributed by atoms with E-state index in [1.54, 1.807) is 18.5 Å². The number of anilines is 1. The molecule has 1 N–H and O–H groups in total. The highest BCUT2D eigenvalue weighted by Crippen LogP contribution is 2.33. The number of nitrogens with zero attached hydrogens (tertiary/aromatic N) is 4. The minimum absolute atomic E-state index is 0.135. The fourth-order valence-corrected chi connectivity index (χ4v) is 3.73. The number of aryl methyl sites for hydroxylation is 1. The number of amides is 2. The summed E-state index contributed by atoms with van der Waals surface area (Å²) >= 11 is 1.20. The first-order valence-corrected chi connectivity index (χ1v) is 8.93. The molecule has 1 saturated heterocycles. The van der Waals surface area contributed by atoms with E-state index in [-0.39, 0.29) is 18.2 Å². The summed E-state index contributed by atoms with van der Waals surface area (Å²) in [4.78, 5) is 34.7. The molecule has 0 radical (unpaired) electrons. The van der Waals surface area contributed by atoms with Crippen molar-refractivity contribution in [3.05, 3.63) is 54.4 Å². The van der Waals surface area contributed by atoms with E-state index in [0.717, 1.165) is 11.1 Å². The van der Waals surface area contributed by atoms with E-state index in [2.05, 4.69) is 20.2 Å². The maximum atomic E-state index is 12.7. The number of aromatic nitrogens is 4. The van der Waals surface area contributed by atoms with Gasteiger partial charge < -0.3 is 0 Å². The molecule has 4 rings (SSSR count). The normalized spacial score (nSPS) is 17.1. The lowest BCUT2D eigenvalue weighted by molar-refractivity contribution is -0.121. The maximum Gasteiger partial charge on any atom is 0.247 e. The summed E-state index contributed by atoms with van der Waals surface area (Å²) in [6.07, 6.45) is 3.48. The summed E-state index contributed by atoms with van der Waals surface area (Å²) in [5.74, 6) is 0.158. The molecule has 0 saturated carbocycles. The zero-order valence-corrected chi connectivity index (χ0v) is 14.7. The third-order valence-corrected chi connectivity index (χ3v) is 5.08. The lowest BCUT2D eigenvalue weighted by Gasteiger charge is -2.15. The molecule has 1 atom stereocenters. The highest BCUT2D eigenvalue weighted by Gasteiger charge is 2.40. The average molecular weight is 365 g/mol. The van der Waals surface area contributed by atoms with Gasteiger partial charge in [-0.1, -0.05) is 23.9 Å². The second-order valence-electron chi connectivity index (χ2n) is 5.92. The summed E-state index contributed by atoms with van der Waals surface area (Å²) in [7, 11) is 0. The minimum Gasteiger partial charge on any atom is -0.274 e. The van der Waals surface area contributed by atoms with Crippen molar-refractivity contribution in [3.63, 3.8) is 0 Å². The van der Waals surface area contributed by atoms with E-state index in [9.17, 15) is 9.59 Å². The van der Waals surface area contributed by atoms with Gasteiger partial charge in [-0.05, 0) is 36.8 Å². The molecule has 26 heavy (non-hydrogen) atoms. The van der Waals surface area contributed by atoms with Crippen LogP contribution in [0.15, 0.2) is 53.9 Å². The SMILES string of the molecule is Cc1cccc(N2C(=O)CC(Sc3n[nH]c(-c4ccncc4)n3)C2=O)c1. The quantitative estimate of drug-likeness (QED) is 0.715. The van der Waals surface area contributed by atoms with Gasteiger partial charge in [0.2, 0.25) is 17.0 Å². The molecule has 1 aliphatic heterocycles. The summed E-state index contributed by atoms with van der Waals surface area (Å²) in [5.41, 5.74) is 2.46. The van der Waals surface area contributed by atoms with Crippen molar-refractivity contribution in [2.45, 2.75) is 23.8 Å². The molecule has 2 amide bonds. The van der Waals surface area contributed by atoms with Gasteiger partial charge in [0.1, 0.15) is 5.25 Å². The number of hydrogen-bond donors (Lipinski definition) is 1. The van der Waals surface area contributed by atoms with Gasteiger partial charge in [0.25, 0.3) is 0 Å². The van der Waals surface area contributed by atoms with Crippen LogP contribution in [-0.2, 0) is 9.59 Å². The number of imide groups is 1. The van der Waals surface area contributed by atoms with E-state index in [4.69, 9.17) is 0 Å². The van der Waals surface area contributed by atoms with Gasteiger partial charge >= 0.3 is 0 Å². The van der Waals surface area contributed by atoms with E-state index in [0.29, 0.717) is 16.7 Å². The standard InChI is InChI=1S/C18H15N5O2S/c1-11-3-2-4-13(9-11)23-15(24)10-14(17(23)25)26-18-20-16(21-22-18)12-5-7-19-8-6-12/h2-9,14H,10H2,1H3,(H,20,21,22). The van der Waals surface area contributed by atoms with Crippen LogP contribution in [0.4, 0.5) is 5.69 Å². The van der Waals surface area contributed by atoms with Crippen molar-refractivity contribution >= 4 is 29.3 Å². The van der Waals surface area contributed by atoms with Crippen LogP contribution in [0.3, 0.4) is 0 Å². The largest absolute Gasteiger partial charge is 0.274 e. The number of H-pyrrole nitrogens is 1. The molecule has 0 aliphatic carbocycles. The van der Waals surface area contributed by atoms with Crippen LogP contribution in [0.1, 0.15) is 12.0 Å². The molecular weight excluding hydrogens is 350 g/mol. The Morgan fingerprint density at radius 2 is 2.00 bits per heavy atom. The van der Waals surface area contributed by atoms with Crippen molar-refractivity contribution < 1.29 is 9.59 Å². The molecule has 3 heterocycles. The summed E-state index contributed by atoms with van der Waals surface area (Å²) < 4.78 is 0. The van der Waals surface area contributed by atoms with E-state index >= 15 is 0 Å². The fraction of sp³-hybridized carbons (Fsp3) is 0.167. The van der Waals surface area contributed by atoms with Gasteiger partial charge in [-0.15, -0.1) is 5.10 Å². The maximum absolute atomic E-state index is 12.7. The van der Waals surface area contributed by atoms with Crippen LogP contribution in [0.2, 0.25) is 0 Å². The van der Waals surface area contributed by atoms with Crippen LogP contribution in [0.25, 0.3) is 11.4 Å². The zero-order chi connectivity index (χ0) is 18.1. The molecule has 1 unspecified atom stereocenters. The van der Waals surface area contributed by atoms with Gasteiger partial charge in [0.15, 0.2) is 5.82 Å². The minimum atomic E-state index is -0.524. The number of carbonyl (C=O) groups excluding carboxylic acids is 2. The Kier molecular flexibility index (Phi) is 4.26. The number of pyridine rings is 1. The Morgan fingerprint density at radius 1 is 1.19 bits per heavy atom. The van der Waals surface area contributed by atoms with Crippen molar-refractivity contribution in [2.75, 3.05) is 4.90 Å². The summed E-state index contributed by atoms with van der Waals surface area (Å²) in [6, 6.07) is 11.0. The van der Waals surface area contributed by atoms with Gasteiger partial charge in [-0.2, -0.15) is 0 Å². The number of hydrogen-bond acceptors (Lipinski definition) is 6. The number of benzene rings is 1. The highest BCUT2D eigenvalue weighted by molar-refractivity contribution is 8.00. The fourth-order valence-electron chi connectivity index (χ4n) is 2.80. The third-order valence-electron chi connectivity index (χ3n) is 4.03. The number of carbonyl (C=O) groups is 2. The topological polar surface area (TPSA) is 91.8 Å². The average Bonchev–Trinajstić information content (AvgIpc) is 3.21. The second kappa shape index (κ2) is 6.72. The molecule has 3 aromatic rings. The molecule has 0 bridgehead atoms. The Labute approximate surface area is 153 Å². The van der Waals surface area contributed by atoms with E-state index < -0.39 is 5.25 Å². The molecule has 2 aromatic heterocycles. The number of thioether (sulfide) groups is 1. The Morgan fingerprint density at radius 3 is 2.77 bits per heavy atom. The number of aromatic amines is 1. The van der Waals surface area contributed by atoms with Gasteiger partial charge in [0, 0.05) is 24.4 Å². The summed E-state index contributed by atoms with van der Waals surface area (Å²) in [5, 5.41) is 6.92. The first-order chi connectivity index (χ1) is 12.6. The van der Waals surface area contributed by atoms with Crippen molar-refractivity contribution in [2.24, 2.45) is 0 Å². The van der Waals surface area contributed by atoms with Crippen molar-refractivity contribution in [1.29, 1.82) is 0 Å². The van der Waals surface area contributed by atoms with Crippen LogP contribution >= 0.6 is 11.8 Å². The smallest absolute Gasteiger partial charge is 0.247 e. The lowest BCUT2D eigenvalue weighted by Crippen LogP contribution is -2.31. The van der Waals surface area contributed by atoms with E-state index in [1.165, 1.54) is 16.7 Å². The lowest BCUT2D eigenvalue weighted by atomic mass is 10.2. The molecule has 7 nitrogen and oxygen atoms in total. The molecule has 130 valence electrons. The molecule has 1 fully saturated rings. The Balaban J connectivity index is 1.52. The van der Waals surface area contributed by atoms with Crippen molar-refractivity contribution in [3.8, 4) is 11.4 Å².